The quantitative estimate of drug-likeness (QED) is 0.680. The molecule has 0 saturated carbocycles. The highest BCUT2D eigenvalue weighted by Gasteiger charge is 2.25. The Morgan fingerprint density at radius 3 is 2.50 bits per heavy atom. The predicted molar refractivity (Wildman–Crippen MR) is 86.6 cm³/mol. The summed E-state index contributed by atoms with van der Waals surface area (Å²) in [6.07, 6.45) is 2.45. The first kappa shape index (κ1) is 18.4. The summed E-state index contributed by atoms with van der Waals surface area (Å²) >= 11 is 0. The lowest BCUT2D eigenvalue weighted by Crippen LogP contribution is -2.51. The molecule has 0 radical (unpaired) electrons. The summed E-state index contributed by atoms with van der Waals surface area (Å²) < 4.78 is 10.6. The van der Waals surface area contributed by atoms with E-state index in [1.807, 2.05) is 4.90 Å². The van der Waals surface area contributed by atoms with Crippen LogP contribution in [0.2, 0.25) is 0 Å². The Balaban J connectivity index is 0.00000242. The molecule has 1 aliphatic rings. The fraction of sp³-hybridized carbons (Fsp3) is 0.600. The Labute approximate surface area is 137 Å². The van der Waals surface area contributed by atoms with Crippen LogP contribution in [0.15, 0.2) is 22.8 Å². The van der Waals surface area contributed by atoms with Crippen molar-refractivity contribution in [3.8, 4) is 0 Å². The molecule has 0 aliphatic carbocycles. The van der Waals surface area contributed by atoms with Gasteiger partial charge < -0.3 is 19.0 Å². The molecular weight excluding hydrogens is 306 g/mol. The van der Waals surface area contributed by atoms with Gasteiger partial charge in [-0.1, -0.05) is 13.8 Å². The van der Waals surface area contributed by atoms with E-state index >= 15 is 0 Å². The second-order valence-electron chi connectivity index (χ2n) is 5.59. The lowest BCUT2D eigenvalue weighted by atomic mass is 10.1. The Morgan fingerprint density at radius 2 is 1.95 bits per heavy atom. The van der Waals surface area contributed by atoms with E-state index < -0.39 is 0 Å². The summed E-state index contributed by atoms with van der Waals surface area (Å²) in [5.41, 5.74) is 0. The van der Waals surface area contributed by atoms with E-state index in [1.165, 1.54) is 6.26 Å². The number of amides is 1. The van der Waals surface area contributed by atoms with Crippen molar-refractivity contribution in [2.45, 2.75) is 20.3 Å². The van der Waals surface area contributed by atoms with Gasteiger partial charge in [0.05, 0.1) is 12.9 Å². The minimum absolute atomic E-state index is 0. The Bertz CT molecular complexity index is 468. The molecule has 2 heterocycles. The number of carbonyl (C=O) groups excluding carboxylic acids is 1. The molecule has 1 amide bonds. The number of halogens is 1. The van der Waals surface area contributed by atoms with Crippen LogP contribution >= 0.6 is 12.4 Å². The van der Waals surface area contributed by atoms with Crippen LogP contribution in [-0.2, 0) is 4.74 Å². The number of furan rings is 1. The van der Waals surface area contributed by atoms with E-state index in [4.69, 9.17) is 14.6 Å². The molecule has 1 saturated heterocycles. The van der Waals surface area contributed by atoms with E-state index in [9.17, 15) is 4.79 Å². The molecule has 1 aliphatic heterocycles. The van der Waals surface area contributed by atoms with Crippen molar-refractivity contribution in [2.24, 2.45) is 5.92 Å². The molecule has 0 unspecified atom stereocenters. The van der Waals surface area contributed by atoms with Crippen molar-refractivity contribution in [1.29, 1.82) is 5.41 Å². The van der Waals surface area contributed by atoms with Crippen molar-refractivity contribution >= 4 is 24.3 Å². The zero-order valence-electron chi connectivity index (χ0n) is 13.1. The summed E-state index contributed by atoms with van der Waals surface area (Å²) in [4.78, 5) is 15.7. The first-order chi connectivity index (χ1) is 10.1. The van der Waals surface area contributed by atoms with Crippen LogP contribution in [0.4, 0.5) is 0 Å². The smallest absolute Gasteiger partial charge is 0.289 e. The van der Waals surface area contributed by atoms with Crippen molar-refractivity contribution in [3.63, 3.8) is 0 Å². The molecule has 1 N–H and O–H groups in total. The highest BCUT2D eigenvalue weighted by Crippen LogP contribution is 2.10. The highest BCUT2D eigenvalue weighted by molar-refractivity contribution is 5.91. The molecule has 0 spiro atoms. The van der Waals surface area contributed by atoms with Crippen LogP contribution in [0.1, 0.15) is 30.8 Å². The lowest BCUT2D eigenvalue weighted by Gasteiger charge is -2.35. The molecule has 124 valence electrons. The van der Waals surface area contributed by atoms with E-state index in [-0.39, 0.29) is 24.3 Å². The van der Waals surface area contributed by atoms with E-state index in [2.05, 4.69) is 13.8 Å². The SMILES string of the molecule is CC(C)CCOC(=N)N1CCN(C(=O)c2ccco2)CC1.Cl. The van der Waals surface area contributed by atoms with Crippen molar-refractivity contribution < 1.29 is 13.9 Å². The van der Waals surface area contributed by atoms with Crippen LogP contribution in [0.5, 0.6) is 0 Å². The molecule has 1 aromatic rings. The third-order valence-corrected chi connectivity index (χ3v) is 3.52. The van der Waals surface area contributed by atoms with Crippen molar-refractivity contribution in [2.75, 3.05) is 32.8 Å². The fourth-order valence-electron chi connectivity index (χ4n) is 2.15. The maximum Gasteiger partial charge on any atom is 0.289 e. The number of nitrogens with zero attached hydrogens (tertiary/aromatic N) is 2. The standard InChI is InChI=1S/C15H23N3O3.ClH/c1-12(2)5-11-21-15(16)18-8-6-17(7-9-18)14(19)13-4-3-10-20-13;/h3-4,10,12,16H,5-9,11H2,1-2H3;1H. The number of amidine groups is 1. The number of hydrogen-bond acceptors (Lipinski definition) is 4. The highest BCUT2D eigenvalue weighted by atomic mass is 35.5. The second-order valence-corrected chi connectivity index (χ2v) is 5.59. The van der Waals surface area contributed by atoms with E-state index in [0.717, 1.165) is 6.42 Å². The first-order valence-electron chi connectivity index (χ1n) is 7.37. The molecule has 1 fully saturated rings. The molecular formula is C15H24ClN3O3. The average molecular weight is 330 g/mol. The van der Waals surface area contributed by atoms with Crippen molar-refractivity contribution in [3.05, 3.63) is 24.2 Å². The largest absolute Gasteiger partial charge is 0.465 e. The zero-order chi connectivity index (χ0) is 15.2. The topological polar surface area (TPSA) is 69.8 Å². The maximum absolute atomic E-state index is 12.1. The van der Waals surface area contributed by atoms with Gasteiger partial charge in [-0.25, -0.2) is 0 Å². The Morgan fingerprint density at radius 1 is 1.32 bits per heavy atom. The first-order valence-corrected chi connectivity index (χ1v) is 7.37. The third-order valence-electron chi connectivity index (χ3n) is 3.52. The van der Waals surface area contributed by atoms with Gasteiger partial charge >= 0.3 is 0 Å². The van der Waals surface area contributed by atoms with Gasteiger partial charge in [0, 0.05) is 26.2 Å². The molecule has 0 aromatic carbocycles. The fourth-order valence-corrected chi connectivity index (χ4v) is 2.15. The Hall–Kier alpha value is -1.69. The van der Waals surface area contributed by atoms with Crippen molar-refractivity contribution in [1.82, 2.24) is 9.80 Å². The monoisotopic (exact) mass is 329 g/mol. The summed E-state index contributed by atoms with van der Waals surface area (Å²) in [6, 6.07) is 3.59. The number of rotatable bonds is 4. The number of nitrogens with one attached hydrogen (secondary N) is 1. The number of hydrogen-bond donors (Lipinski definition) is 1. The minimum Gasteiger partial charge on any atom is -0.465 e. The number of carbonyl (C=O) groups is 1. The van der Waals surface area contributed by atoms with Gasteiger partial charge in [-0.05, 0) is 24.5 Å². The summed E-state index contributed by atoms with van der Waals surface area (Å²) in [6.45, 7) is 7.23. The van der Waals surface area contributed by atoms with Gasteiger partial charge in [-0.15, -0.1) is 12.4 Å². The molecule has 7 heteroatoms. The average Bonchev–Trinajstić information content (AvgIpc) is 3.00. The molecule has 22 heavy (non-hydrogen) atoms. The normalized spacial score (nSPS) is 14.7. The van der Waals surface area contributed by atoms with Gasteiger partial charge in [-0.2, -0.15) is 0 Å². The minimum atomic E-state index is -0.0908. The summed E-state index contributed by atoms with van der Waals surface area (Å²) in [5, 5.41) is 7.92. The van der Waals surface area contributed by atoms with Gasteiger partial charge in [0.25, 0.3) is 11.9 Å². The van der Waals surface area contributed by atoms with Crippen LogP contribution in [-0.4, -0.2) is 54.5 Å². The van der Waals surface area contributed by atoms with Crippen LogP contribution in [0.25, 0.3) is 0 Å². The molecule has 6 nitrogen and oxygen atoms in total. The second kappa shape index (κ2) is 8.68. The van der Waals surface area contributed by atoms with Crippen LogP contribution in [0, 0.1) is 11.3 Å². The predicted octanol–water partition coefficient (Wildman–Crippen LogP) is 2.46. The van der Waals surface area contributed by atoms with E-state index in [0.29, 0.717) is 44.5 Å². The summed E-state index contributed by atoms with van der Waals surface area (Å²) in [7, 11) is 0. The van der Waals surface area contributed by atoms with Crippen LogP contribution in [0.3, 0.4) is 0 Å². The molecule has 1 aromatic heterocycles. The van der Waals surface area contributed by atoms with E-state index in [1.54, 1.807) is 17.0 Å². The van der Waals surface area contributed by atoms with Gasteiger partial charge in [0.1, 0.15) is 0 Å². The molecule has 0 atom stereocenters. The molecule has 2 rings (SSSR count). The lowest BCUT2D eigenvalue weighted by molar-refractivity contribution is 0.0636. The molecule has 0 bridgehead atoms. The van der Waals surface area contributed by atoms with Gasteiger partial charge in [0.2, 0.25) is 0 Å². The summed E-state index contributed by atoms with van der Waals surface area (Å²) in [5.74, 6) is 0.846. The Kier molecular flexibility index (Phi) is 7.24. The number of ether oxygens (including phenoxy) is 1. The maximum atomic E-state index is 12.1. The van der Waals surface area contributed by atoms with Gasteiger partial charge in [-0.3, -0.25) is 10.2 Å². The van der Waals surface area contributed by atoms with Crippen LogP contribution < -0.4 is 0 Å². The zero-order valence-corrected chi connectivity index (χ0v) is 13.9. The number of piperazine rings is 1. The van der Waals surface area contributed by atoms with Gasteiger partial charge in [0.15, 0.2) is 5.76 Å². The third kappa shape index (κ3) is 4.94.